The quantitative estimate of drug-likeness (QED) is 0.640. The minimum absolute atomic E-state index is 0.273. The summed E-state index contributed by atoms with van der Waals surface area (Å²) < 4.78 is 6.26. The van der Waals surface area contributed by atoms with Crippen LogP contribution in [0, 0.1) is 0 Å². The summed E-state index contributed by atoms with van der Waals surface area (Å²) in [6.45, 7) is 2.53. The van der Waals surface area contributed by atoms with Gasteiger partial charge in [-0.15, -0.1) is 0 Å². The van der Waals surface area contributed by atoms with Crippen LogP contribution in [0.3, 0.4) is 0 Å². The molecule has 104 valence electrons. The molecule has 2 aromatic rings. The highest BCUT2D eigenvalue weighted by atomic mass is 79.9. The molecular formula is C12H12BrN5O2. The van der Waals surface area contributed by atoms with Crippen LogP contribution in [0.5, 0.6) is 5.75 Å². The van der Waals surface area contributed by atoms with Crippen LogP contribution in [-0.4, -0.2) is 28.0 Å². The number of nitrogens with one attached hydrogen (secondary N) is 2. The van der Waals surface area contributed by atoms with Gasteiger partial charge in [0.05, 0.1) is 23.5 Å². The molecule has 0 fully saturated rings. The second kappa shape index (κ2) is 6.80. The van der Waals surface area contributed by atoms with E-state index in [0.29, 0.717) is 6.61 Å². The molecule has 0 aliphatic rings. The van der Waals surface area contributed by atoms with Crippen LogP contribution >= 0.6 is 15.9 Å². The third-order valence-corrected chi connectivity index (χ3v) is 2.84. The predicted octanol–water partition coefficient (Wildman–Crippen LogP) is 1.77. The molecule has 0 unspecified atom stereocenters. The van der Waals surface area contributed by atoms with Gasteiger partial charge in [-0.25, -0.2) is 9.89 Å². The zero-order chi connectivity index (χ0) is 14.4. The van der Waals surface area contributed by atoms with Crippen LogP contribution in [-0.2, 0) is 0 Å². The fourth-order valence-electron chi connectivity index (χ4n) is 1.41. The molecule has 0 spiro atoms. The van der Waals surface area contributed by atoms with Crippen molar-refractivity contribution in [1.82, 2.24) is 15.2 Å². The van der Waals surface area contributed by atoms with Crippen molar-refractivity contribution < 1.29 is 4.74 Å². The van der Waals surface area contributed by atoms with E-state index in [1.807, 2.05) is 25.1 Å². The molecule has 0 bridgehead atoms. The Morgan fingerprint density at radius 2 is 2.40 bits per heavy atom. The van der Waals surface area contributed by atoms with Gasteiger partial charge in [0.25, 0.3) is 0 Å². The zero-order valence-corrected chi connectivity index (χ0v) is 12.2. The van der Waals surface area contributed by atoms with E-state index in [1.54, 1.807) is 6.21 Å². The van der Waals surface area contributed by atoms with Gasteiger partial charge in [0, 0.05) is 0 Å². The van der Waals surface area contributed by atoms with E-state index in [-0.39, 0.29) is 5.82 Å². The normalized spacial score (nSPS) is 10.7. The van der Waals surface area contributed by atoms with Crippen molar-refractivity contribution >= 4 is 28.0 Å². The van der Waals surface area contributed by atoms with E-state index in [4.69, 9.17) is 4.74 Å². The molecule has 0 radical (unpaired) electrons. The smallest absolute Gasteiger partial charge is 0.363 e. The molecule has 0 aliphatic carbocycles. The zero-order valence-electron chi connectivity index (χ0n) is 10.6. The Kier molecular flexibility index (Phi) is 4.83. The van der Waals surface area contributed by atoms with Crippen molar-refractivity contribution in [2.24, 2.45) is 5.10 Å². The monoisotopic (exact) mass is 337 g/mol. The molecule has 2 N–H and O–H groups in total. The number of anilines is 1. The Bertz CT molecular complexity index is 671. The third kappa shape index (κ3) is 3.89. The van der Waals surface area contributed by atoms with Crippen LogP contribution in [0.15, 0.2) is 38.8 Å². The van der Waals surface area contributed by atoms with Gasteiger partial charge in [0.1, 0.15) is 5.75 Å². The molecule has 0 aliphatic heterocycles. The molecule has 7 nitrogen and oxygen atoms in total. The van der Waals surface area contributed by atoms with E-state index in [2.05, 4.69) is 41.6 Å². The third-order valence-electron chi connectivity index (χ3n) is 2.22. The van der Waals surface area contributed by atoms with Crippen LogP contribution in [0.4, 0.5) is 5.82 Å². The minimum atomic E-state index is -0.533. The van der Waals surface area contributed by atoms with E-state index >= 15 is 0 Å². The molecule has 1 aromatic heterocycles. The highest BCUT2D eigenvalue weighted by Crippen LogP contribution is 2.25. The maximum Gasteiger partial charge on any atom is 0.363 e. The van der Waals surface area contributed by atoms with E-state index in [0.717, 1.165) is 15.8 Å². The van der Waals surface area contributed by atoms with Crippen LogP contribution in [0.1, 0.15) is 12.5 Å². The van der Waals surface area contributed by atoms with Gasteiger partial charge in [-0.1, -0.05) is 0 Å². The molecule has 1 heterocycles. The Hall–Kier alpha value is -2.22. The molecule has 1 aromatic carbocycles. The summed E-state index contributed by atoms with van der Waals surface area (Å²) in [5, 5.41) is 9.75. The first kappa shape index (κ1) is 14.2. The number of hydrogen-bond acceptors (Lipinski definition) is 6. The summed E-state index contributed by atoms with van der Waals surface area (Å²) in [5.74, 6) is 1.05. The Balaban J connectivity index is 2.04. The SMILES string of the molecule is CCOc1ccc(/C=N/Nc2cn[nH]c(=O)n2)cc1Br. The number of rotatable bonds is 5. The van der Waals surface area contributed by atoms with Gasteiger partial charge in [-0.05, 0) is 46.6 Å². The number of halogens is 1. The maximum absolute atomic E-state index is 10.9. The van der Waals surface area contributed by atoms with Crippen LogP contribution in [0.25, 0.3) is 0 Å². The first-order valence-electron chi connectivity index (χ1n) is 5.82. The van der Waals surface area contributed by atoms with Crippen LogP contribution < -0.4 is 15.9 Å². The van der Waals surface area contributed by atoms with Gasteiger partial charge in [0.15, 0.2) is 5.82 Å². The largest absolute Gasteiger partial charge is 0.493 e. The lowest BCUT2D eigenvalue weighted by Crippen LogP contribution is -2.13. The molecular weight excluding hydrogens is 326 g/mol. The highest BCUT2D eigenvalue weighted by Gasteiger charge is 2.00. The number of aromatic amines is 1. The summed E-state index contributed by atoms with van der Waals surface area (Å²) in [6, 6.07) is 5.59. The maximum atomic E-state index is 10.9. The average molecular weight is 338 g/mol. The number of benzene rings is 1. The van der Waals surface area contributed by atoms with Crippen LogP contribution in [0.2, 0.25) is 0 Å². The highest BCUT2D eigenvalue weighted by molar-refractivity contribution is 9.10. The van der Waals surface area contributed by atoms with Gasteiger partial charge >= 0.3 is 5.69 Å². The first-order valence-corrected chi connectivity index (χ1v) is 6.61. The number of hydrazone groups is 1. The molecule has 20 heavy (non-hydrogen) atoms. The second-order valence-electron chi connectivity index (χ2n) is 3.67. The van der Waals surface area contributed by atoms with Crippen molar-refractivity contribution in [2.75, 3.05) is 12.0 Å². The van der Waals surface area contributed by atoms with E-state index < -0.39 is 5.69 Å². The van der Waals surface area contributed by atoms with E-state index in [1.165, 1.54) is 6.20 Å². The lowest BCUT2D eigenvalue weighted by Gasteiger charge is -2.05. The van der Waals surface area contributed by atoms with Gasteiger partial charge < -0.3 is 4.74 Å². The first-order chi connectivity index (χ1) is 9.69. The van der Waals surface area contributed by atoms with E-state index in [9.17, 15) is 4.79 Å². The van der Waals surface area contributed by atoms with Gasteiger partial charge in [-0.3, -0.25) is 5.43 Å². The predicted molar refractivity (Wildman–Crippen MR) is 79.2 cm³/mol. The number of H-pyrrole nitrogens is 1. The number of ether oxygens (including phenoxy) is 1. The number of aromatic nitrogens is 3. The molecule has 0 saturated carbocycles. The topological polar surface area (TPSA) is 92.3 Å². The lowest BCUT2D eigenvalue weighted by molar-refractivity contribution is 0.338. The molecule has 2 rings (SSSR count). The molecule has 8 heteroatoms. The Morgan fingerprint density at radius 1 is 1.55 bits per heavy atom. The lowest BCUT2D eigenvalue weighted by atomic mass is 10.2. The standard InChI is InChI=1S/C12H12BrN5O2/c1-2-20-10-4-3-8(5-9(10)13)6-14-17-11-7-15-18-12(19)16-11/h3-7H,2H2,1H3,(H2,16,17,18,19)/b14-6+. The number of hydrogen-bond donors (Lipinski definition) is 2. The number of nitrogens with zero attached hydrogens (tertiary/aromatic N) is 3. The summed E-state index contributed by atoms with van der Waals surface area (Å²) in [5.41, 5.74) is 2.96. The van der Waals surface area contributed by atoms with Gasteiger partial charge in [0.2, 0.25) is 0 Å². The summed E-state index contributed by atoms with van der Waals surface area (Å²) >= 11 is 3.42. The van der Waals surface area contributed by atoms with Crippen molar-refractivity contribution in [2.45, 2.75) is 6.92 Å². The van der Waals surface area contributed by atoms with Crippen molar-refractivity contribution in [3.63, 3.8) is 0 Å². The van der Waals surface area contributed by atoms with Gasteiger partial charge in [-0.2, -0.15) is 15.2 Å². The summed E-state index contributed by atoms with van der Waals surface area (Å²) in [6.07, 6.45) is 2.97. The molecule has 0 amide bonds. The summed E-state index contributed by atoms with van der Waals surface area (Å²) in [4.78, 5) is 14.6. The Morgan fingerprint density at radius 3 is 3.10 bits per heavy atom. The average Bonchev–Trinajstić information content (AvgIpc) is 2.42. The van der Waals surface area contributed by atoms with Crippen molar-refractivity contribution in [3.8, 4) is 5.75 Å². The fraction of sp³-hybridized carbons (Fsp3) is 0.167. The molecule has 0 saturated heterocycles. The fourth-order valence-corrected chi connectivity index (χ4v) is 1.92. The van der Waals surface area contributed by atoms with Crippen molar-refractivity contribution in [1.29, 1.82) is 0 Å². The minimum Gasteiger partial charge on any atom is -0.493 e. The second-order valence-corrected chi connectivity index (χ2v) is 4.52. The summed E-state index contributed by atoms with van der Waals surface area (Å²) in [7, 11) is 0. The Labute approximate surface area is 123 Å². The van der Waals surface area contributed by atoms with Crippen molar-refractivity contribution in [3.05, 3.63) is 44.9 Å². The molecule has 0 atom stereocenters.